The van der Waals surface area contributed by atoms with Crippen molar-refractivity contribution in [2.24, 2.45) is 0 Å². The van der Waals surface area contributed by atoms with Gasteiger partial charge in [-0.1, -0.05) is 17.7 Å². The van der Waals surface area contributed by atoms with Gasteiger partial charge in [-0.2, -0.15) is 0 Å². The number of carbonyl (C=O) groups is 1. The number of benzene rings is 1. The number of nitrogens with one attached hydrogen (secondary N) is 1. The van der Waals surface area contributed by atoms with Crippen LogP contribution in [0.4, 0.5) is 0 Å². The smallest absolute Gasteiger partial charge is 0.253 e. The molecule has 1 saturated heterocycles. The number of likely N-dealkylation sites (N-methyl/N-ethyl adjacent to an activating group) is 1. The van der Waals surface area contributed by atoms with Crippen LogP contribution in [0.25, 0.3) is 0 Å². The van der Waals surface area contributed by atoms with Crippen LogP contribution >= 0.6 is 0 Å². The first-order valence-electron chi connectivity index (χ1n) is 6.23. The molecule has 92 valence electrons. The predicted molar refractivity (Wildman–Crippen MR) is 69.2 cm³/mol. The molecular formula is C14H20N2O. The summed E-state index contributed by atoms with van der Waals surface area (Å²) in [6.07, 6.45) is 2.25. The number of nitrogens with zero attached hydrogens (tertiary/aromatic N) is 1. The molecule has 17 heavy (non-hydrogen) atoms. The minimum Gasteiger partial charge on any atom is -0.337 e. The van der Waals surface area contributed by atoms with Crippen molar-refractivity contribution in [2.45, 2.75) is 25.8 Å². The lowest BCUT2D eigenvalue weighted by molar-refractivity contribution is 0.0708. The van der Waals surface area contributed by atoms with Crippen LogP contribution < -0.4 is 5.32 Å². The molecule has 1 aromatic rings. The van der Waals surface area contributed by atoms with E-state index in [1.807, 2.05) is 43.1 Å². The minimum absolute atomic E-state index is 0.127. The molecule has 0 spiro atoms. The highest BCUT2D eigenvalue weighted by Gasteiger charge is 2.22. The van der Waals surface area contributed by atoms with E-state index >= 15 is 0 Å². The molecule has 1 N–H and O–H groups in total. The number of carbonyl (C=O) groups excluding carboxylic acids is 1. The van der Waals surface area contributed by atoms with E-state index in [0.29, 0.717) is 6.04 Å². The zero-order valence-electron chi connectivity index (χ0n) is 10.6. The molecule has 1 aliphatic heterocycles. The molecule has 0 radical (unpaired) electrons. The maximum absolute atomic E-state index is 12.3. The zero-order valence-corrected chi connectivity index (χ0v) is 10.6. The van der Waals surface area contributed by atoms with E-state index in [4.69, 9.17) is 0 Å². The molecule has 3 heteroatoms. The van der Waals surface area contributed by atoms with E-state index in [1.54, 1.807) is 0 Å². The highest BCUT2D eigenvalue weighted by atomic mass is 16.2. The van der Waals surface area contributed by atoms with E-state index in [0.717, 1.165) is 37.1 Å². The zero-order chi connectivity index (χ0) is 12.3. The Labute approximate surface area is 103 Å². The molecule has 1 aliphatic rings. The summed E-state index contributed by atoms with van der Waals surface area (Å²) in [5.74, 6) is 0.127. The van der Waals surface area contributed by atoms with Crippen molar-refractivity contribution in [1.29, 1.82) is 0 Å². The van der Waals surface area contributed by atoms with Crippen molar-refractivity contribution in [2.75, 3.05) is 20.1 Å². The van der Waals surface area contributed by atoms with E-state index in [2.05, 4.69) is 5.32 Å². The Morgan fingerprint density at radius 1 is 1.47 bits per heavy atom. The predicted octanol–water partition coefficient (Wildman–Crippen LogP) is 1.82. The molecule has 0 aliphatic carbocycles. The fourth-order valence-corrected chi connectivity index (χ4v) is 2.31. The van der Waals surface area contributed by atoms with Crippen LogP contribution in [0.5, 0.6) is 0 Å². The van der Waals surface area contributed by atoms with Gasteiger partial charge in [0, 0.05) is 25.2 Å². The van der Waals surface area contributed by atoms with Gasteiger partial charge in [-0.25, -0.2) is 0 Å². The van der Waals surface area contributed by atoms with Crippen LogP contribution in [0.2, 0.25) is 0 Å². The van der Waals surface area contributed by atoms with Gasteiger partial charge in [0.25, 0.3) is 5.91 Å². The van der Waals surface area contributed by atoms with Crippen molar-refractivity contribution in [3.63, 3.8) is 0 Å². The summed E-state index contributed by atoms with van der Waals surface area (Å²) < 4.78 is 0. The molecule has 1 heterocycles. The second kappa shape index (κ2) is 5.32. The average molecular weight is 232 g/mol. The van der Waals surface area contributed by atoms with Gasteiger partial charge in [0.05, 0.1) is 0 Å². The minimum atomic E-state index is 0.127. The van der Waals surface area contributed by atoms with Crippen molar-refractivity contribution in [3.05, 3.63) is 35.4 Å². The number of rotatable bonds is 2. The summed E-state index contributed by atoms with van der Waals surface area (Å²) >= 11 is 0. The Kier molecular flexibility index (Phi) is 3.79. The van der Waals surface area contributed by atoms with E-state index in [-0.39, 0.29) is 5.91 Å². The lowest BCUT2D eigenvalue weighted by atomic mass is 10.0. The van der Waals surface area contributed by atoms with Gasteiger partial charge < -0.3 is 10.2 Å². The molecule has 1 aromatic carbocycles. The quantitative estimate of drug-likeness (QED) is 0.843. The fourth-order valence-electron chi connectivity index (χ4n) is 2.31. The van der Waals surface area contributed by atoms with Crippen molar-refractivity contribution >= 4 is 5.91 Å². The Hall–Kier alpha value is -1.35. The third-order valence-electron chi connectivity index (χ3n) is 3.40. The monoisotopic (exact) mass is 232 g/mol. The SMILES string of the molecule is Cc1cccc(C(=O)N(C)[C@H]2CCCNC2)c1. The van der Waals surface area contributed by atoms with Crippen LogP contribution in [0.1, 0.15) is 28.8 Å². The molecule has 2 rings (SSSR count). The van der Waals surface area contributed by atoms with Crippen LogP contribution in [-0.4, -0.2) is 37.0 Å². The largest absolute Gasteiger partial charge is 0.337 e. The van der Waals surface area contributed by atoms with E-state index in [9.17, 15) is 4.79 Å². The average Bonchev–Trinajstić information content (AvgIpc) is 2.38. The molecule has 1 atom stereocenters. The first-order chi connectivity index (χ1) is 8.18. The fraction of sp³-hybridized carbons (Fsp3) is 0.500. The highest BCUT2D eigenvalue weighted by molar-refractivity contribution is 5.94. The third-order valence-corrected chi connectivity index (χ3v) is 3.40. The van der Waals surface area contributed by atoms with Gasteiger partial charge in [0.1, 0.15) is 0 Å². The number of amides is 1. The first kappa shape index (κ1) is 12.1. The Balaban J connectivity index is 2.08. The van der Waals surface area contributed by atoms with Crippen LogP contribution in [0.3, 0.4) is 0 Å². The summed E-state index contributed by atoms with van der Waals surface area (Å²) in [6.45, 7) is 4.00. The summed E-state index contributed by atoms with van der Waals surface area (Å²) in [4.78, 5) is 14.2. The normalized spacial score (nSPS) is 20.0. The maximum atomic E-state index is 12.3. The molecule has 0 aromatic heterocycles. The standard InChI is InChI=1S/C14H20N2O/c1-11-5-3-6-12(9-11)14(17)16(2)13-7-4-8-15-10-13/h3,5-6,9,13,15H,4,7-8,10H2,1-2H3/t13-/m0/s1. The number of hydrogen-bond acceptors (Lipinski definition) is 2. The maximum Gasteiger partial charge on any atom is 0.253 e. The highest BCUT2D eigenvalue weighted by Crippen LogP contribution is 2.13. The van der Waals surface area contributed by atoms with E-state index in [1.165, 1.54) is 0 Å². The summed E-state index contributed by atoms with van der Waals surface area (Å²) in [5.41, 5.74) is 1.92. The van der Waals surface area contributed by atoms with Gasteiger partial charge >= 0.3 is 0 Å². The molecule has 1 amide bonds. The number of hydrogen-bond donors (Lipinski definition) is 1. The van der Waals surface area contributed by atoms with Gasteiger partial charge in [-0.15, -0.1) is 0 Å². The third kappa shape index (κ3) is 2.86. The first-order valence-corrected chi connectivity index (χ1v) is 6.23. The lowest BCUT2D eigenvalue weighted by Crippen LogP contribution is -2.46. The van der Waals surface area contributed by atoms with E-state index < -0.39 is 0 Å². The van der Waals surface area contributed by atoms with Crippen molar-refractivity contribution in [3.8, 4) is 0 Å². The van der Waals surface area contributed by atoms with Gasteiger partial charge in [0.2, 0.25) is 0 Å². The van der Waals surface area contributed by atoms with Crippen molar-refractivity contribution in [1.82, 2.24) is 10.2 Å². The lowest BCUT2D eigenvalue weighted by Gasteiger charge is -2.31. The summed E-state index contributed by atoms with van der Waals surface area (Å²) in [6, 6.07) is 8.13. The summed E-state index contributed by atoms with van der Waals surface area (Å²) in [7, 11) is 1.91. The second-order valence-electron chi connectivity index (χ2n) is 4.79. The Morgan fingerprint density at radius 3 is 2.94 bits per heavy atom. The van der Waals surface area contributed by atoms with Crippen LogP contribution in [0.15, 0.2) is 24.3 Å². The van der Waals surface area contributed by atoms with Crippen LogP contribution in [-0.2, 0) is 0 Å². The summed E-state index contributed by atoms with van der Waals surface area (Å²) in [5, 5.41) is 3.34. The van der Waals surface area contributed by atoms with Gasteiger partial charge in [0.15, 0.2) is 0 Å². The number of piperidine rings is 1. The molecule has 3 nitrogen and oxygen atoms in total. The topological polar surface area (TPSA) is 32.3 Å². The number of aryl methyl sites for hydroxylation is 1. The molecule has 1 fully saturated rings. The molecule has 0 bridgehead atoms. The van der Waals surface area contributed by atoms with Gasteiger partial charge in [-0.3, -0.25) is 4.79 Å². The Morgan fingerprint density at radius 2 is 2.29 bits per heavy atom. The second-order valence-corrected chi connectivity index (χ2v) is 4.79. The molecular weight excluding hydrogens is 212 g/mol. The molecule has 0 unspecified atom stereocenters. The Bertz CT molecular complexity index is 397. The van der Waals surface area contributed by atoms with Gasteiger partial charge in [-0.05, 0) is 38.4 Å². The van der Waals surface area contributed by atoms with Crippen molar-refractivity contribution < 1.29 is 4.79 Å². The van der Waals surface area contributed by atoms with Crippen LogP contribution in [0, 0.1) is 6.92 Å². The molecule has 0 saturated carbocycles.